The predicted molar refractivity (Wildman–Crippen MR) is 102 cm³/mol. The van der Waals surface area contributed by atoms with Gasteiger partial charge in [-0.15, -0.1) is 12.4 Å². The van der Waals surface area contributed by atoms with Crippen molar-refractivity contribution in [1.82, 2.24) is 4.90 Å². The lowest BCUT2D eigenvalue weighted by atomic mass is 9.95. The number of halogens is 1. The number of nitrogens with two attached hydrogens (primary N) is 1. The molecule has 25 heavy (non-hydrogen) atoms. The number of carbonyl (C=O) groups excluding carboxylic acids is 2. The van der Waals surface area contributed by atoms with E-state index in [4.69, 9.17) is 5.73 Å². The minimum Gasteiger partial charge on any atom is -0.399 e. The Labute approximate surface area is 153 Å². The van der Waals surface area contributed by atoms with Gasteiger partial charge in [-0.1, -0.05) is 24.3 Å². The van der Waals surface area contributed by atoms with Crippen LogP contribution in [0.25, 0.3) is 0 Å². The molecule has 132 valence electrons. The summed E-state index contributed by atoms with van der Waals surface area (Å²) in [6, 6.07) is 16.4. The number of nitrogens with zero attached hydrogens (tertiary/aromatic N) is 1. The predicted octanol–water partition coefficient (Wildman–Crippen LogP) is 3.18. The Hall–Kier alpha value is -2.53. The van der Waals surface area contributed by atoms with Gasteiger partial charge < -0.3 is 16.0 Å². The maximum Gasteiger partial charge on any atom is 0.253 e. The number of para-hydroxylation sites is 1. The highest BCUT2D eigenvalue weighted by molar-refractivity contribution is 5.96. The topological polar surface area (TPSA) is 75.4 Å². The van der Waals surface area contributed by atoms with Gasteiger partial charge in [0.15, 0.2) is 0 Å². The first kappa shape index (κ1) is 18.8. The first-order chi connectivity index (χ1) is 11.6. The number of hydrogen-bond donors (Lipinski definition) is 2. The third-order valence-corrected chi connectivity index (χ3v) is 4.33. The Kier molecular flexibility index (Phi) is 6.42. The molecule has 0 radical (unpaired) electrons. The maximum absolute atomic E-state index is 12.5. The number of likely N-dealkylation sites (tertiary alicyclic amines) is 1. The van der Waals surface area contributed by atoms with Gasteiger partial charge in [-0.3, -0.25) is 9.59 Å². The van der Waals surface area contributed by atoms with Crippen LogP contribution in [0.1, 0.15) is 23.2 Å². The van der Waals surface area contributed by atoms with Gasteiger partial charge in [0.1, 0.15) is 0 Å². The summed E-state index contributed by atoms with van der Waals surface area (Å²) >= 11 is 0. The first-order valence-corrected chi connectivity index (χ1v) is 8.14. The van der Waals surface area contributed by atoms with E-state index in [0.29, 0.717) is 37.2 Å². The van der Waals surface area contributed by atoms with E-state index in [1.54, 1.807) is 29.2 Å². The second-order valence-corrected chi connectivity index (χ2v) is 6.05. The average Bonchev–Trinajstić information content (AvgIpc) is 2.62. The van der Waals surface area contributed by atoms with Crippen LogP contribution in [0.4, 0.5) is 11.4 Å². The minimum atomic E-state index is -0.0601. The zero-order valence-corrected chi connectivity index (χ0v) is 14.7. The summed E-state index contributed by atoms with van der Waals surface area (Å²) in [6.45, 7) is 1.17. The van der Waals surface area contributed by atoms with Crippen LogP contribution in [0.3, 0.4) is 0 Å². The second-order valence-electron chi connectivity index (χ2n) is 6.05. The van der Waals surface area contributed by atoms with Gasteiger partial charge in [-0.25, -0.2) is 0 Å². The Balaban J connectivity index is 0.00000225. The average molecular weight is 360 g/mol. The molecule has 0 atom stereocenters. The highest BCUT2D eigenvalue weighted by Gasteiger charge is 2.27. The van der Waals surface area contributed by atoms with E-state index >= 15 is 0 Å². The van der Waals surface area contributed by atoms with Gasteiger partial charge in [0, 0.05) is 35.9 Å². The summed E-state index contributed by atoms with van der Waals surface area (Å²) in [4.78, 5) is 26.6. The van der Waals surface area contributed by atoms with Crippen molar-refractivity contribution in [1.29, 1.82) is 0 Å². The molecule has 2 aromatic rings. The van der Waals surface area contributed by atoms with E-state index in [-0.39, 0.29) is 30.1 Å². The molecule has 3 rings (SSSR count). The van der Waals surface area contributed by atoms with Gasteiger partial charge in [-0.2, -0.15) is 0 Å². The zero-order chi connectivity index (χ0) is 16.9. The fourth-order valence-electron chi connectivity index (χ4n) is 2.96. The summed E-state index contributed by atoms with van der Waals surface area (Å²) in [5.41, 5.74) is 7.72. The van der Waals surface area contributed by atoms with E-state index in [2.05, 4.69) is 5.32 Å². The summed E-state index contributed by atoms with van der Waals surface area (Å²) in [5, 5.41) is 2.94. The normalized spacial score (nSPS) is 14.5. The molecule has 3 N–H and O–H groups in total. The van der Waals surface area contributed by atoms with Crippen molar-refractivity contribution in [3.63, 3.8) is 0 Å². The number of anilines is 2. The second kappa shape index (κ2) is 8.53. The summed E-state index contributed by atoms with van der Waals surface area (Å²) in [7, 11) is 0. The first-order valence-electron chi connectivity index (χ1n) is 8.14. The lowest BCUT2D eigenvalue weighted by molar-refractivity contribution is -0.121. The van der Waals surface area contributed by atoms with Crippen molar-refractivity contribution in [2.75, 3.05) is 24.1 Å². The molecule has 2 aromatic carbocycles. The van der Waals surface area contributed by atoms with Crippen molar-refractivity contribution in [2.45, 2.75) is 12.8 Å². The van der Waals surface area contributed by atoms with Gasteiger partial charge in [0.25, 0.3) is 5.91 Å². The number of hydrogen-bond acceptors (Lipinski definition) is 3. The van der Waals surface area contributed by atoms with Crippen LogP contribution < -0.4 is 11.1 Å². The van der Waals surface area contributed by atoms with Gasteiger partial charge in [0.2, 0.25) is 5.91 Å². The molecule has 1 aliphatic rings. The third kappa shape index (κ3) is 4.73. The van der Waals surface area contributed by atoms with Gasteiger partial charge in [-0.05, 0) is 43.2 Å². The van der Waals surface area contributed by atoms with Crippen molar-refractivity contribution in [2.24, 2.45) is 5.92 Å². The number of rotatable bonds is 3. The maximum atomic E-state index is 12.5. The highest BCUT2D eigenvalue weighted by Crippen LogP contribution is 2.21. The molecule has 1 fully saturated rings. The van der Waals surface area contributed by atoms with Crippen molar-refractivity contribution in [3.8, 4) is 0 Å². The van der Waals surface area contributed by atoms with Crippen LogP contribution in [-0.2, 0) is 4.79 Å². The van der Waals surface area contributed by atoms with Gasteiger partial charge >= 0.3 is 0 Å². The lowest BCUT2D eigenvalue weighted by Crippen LogP contribution is -2.41. The number of benzene rings is 2. The molecule has 2 amide bonds. The number of piperidine rings is 1. The van der Waals surface area contributed by atoms with Crippen LogP contribution in [-0.4, -0.2) is 29.8 Å². The molecule has 1 saturated heterocycles. The molecule has 0 aliphatic carbocycles. The Morgan fingerprint density at radius 1 is 1.00 bits per heavy atom. The van der Waals surface area contributed by atoms with E-state index in [1.807, 2.05) is 30.3 Å². The Morgan fingerprint density at radius 3 is 2.32 bits per heavy atom. The molecule has 0 unspecified atom stereocenters. The molecular formula is C19H22ClN3O2. The van der Waals surface area contributed by atoms with E-state index in [9.17, 15) is 9.59 Å². The van der Waals surface area contributed by atoms with Crippen molar-refractivity contribution < 1.29 is 9.59 Å². The molecule has 0 aromatic heterocycles. The Morgan fingerprint density at radius 2 is 1.68 bits per heavy atom. The fraction of sp³-hybridized carbons (Fsp3) is 0.263. The number of carbonyl (C=O) groups is 2. The van der Waals surface area contributed by atoms with E-state index in [1.165, 1.54) is 0 Å². The monoisotopic (exact) mass is 359 g/mol. The molecule has 0 saturated carbocycles. The summed E-state index contributed by atoms with van der Waals surface area (Å²) in [6.07, 6.45) is 1.35. The van der Waals surface area contributed by atoms with Crippen LogP contribution in [0.2, 0.25) is 0 Å². The number of nitrogen functional groups attached to an aromatic ring is 1. The van der Waals surface area contributed by atoms with Crippen LogP contribution in [0.5, 0.6) is 0 Å². The highest BCUT2D eigenvalue weighted by atomic mass is 35.5. The minimum absolute atomic E-state index is 0. The molecule has 0 spiro atoms. The van der Waals surface area contributed by atoms with Gasteiger partial charge in [0.05, 0.1) is 0 Å². The third-order valence-electron chi connectivity index (χ3n) is 4.33. The fourth-order valence-corrected chi connectivity index (χ4v) is 2.96. The Bertz CT molecular complexity index is 728. The molecule has 5 nitrogen and oxygen atoms in total. The summed E-state index contributed by atoms with van der Waals surface area (Å²) < 4.78 is 0. The molecule has 0 bridgehead atoms. The lowest BCUT2D eigenvalue weighted by Gasteiger charge is -2.31. The van der Waals surface area contributed by atoms with Crippen LogP contribution in [0.15, 0.2) is 54.6 Å². The molecule has 1 aliphatic heterocycles. The quantitative estimate of drug-likeness (QED) is 0.826. The zero-order valence-electron chi connectivity index (χ0n) is 13.9. The molecule has 6 heteroatoms. The SMILES string of the molecule is Cl.Nc1cccc(C(=O)N2CCC(C(=O)Nc3ccccc3)CC2)c1. The molecular weight excluding hydrogens is 338 g/mol. The van der Waals surface area contributed by atoms with Crippen LogP contribution in [0, 0.1) is 5.92 Å². The summed E-state index contributed by atoms with van der Waals surface area (Å²) in [5.74, 6) is -0.0587. The number of amides is 2. The van der Waals surface area contributed by atoms with Crippen LogP contribution >= 0.6 is 12.4 Å². The standard InChI is InChI=1S/C19H21N3O2.ClH/c20-16-6-4-5-15(13-16)19(24)22-11-9-14(10-12-22)18(23)21-17-7-2-1-3-8-17;/h1-8,13-14H,9-12,20H2,(H,21,23);1H. The molecule has 1 heterocycles. The smallest absolute Gasteiger partial charge is 0.253 e. The largest absolute Gasteiger partial charge is 0.399 e. The van der Waals surface area contributed by atoms with Crippen molar-refractivity contribution in [3.05, 3.63) is 60.2 Å². The van der Waals surface area contributed by atoms with Crippen molar-refractivity contribution >= 4 is 35.6 Å². The van der Waals surface area contributed by atoms with E-state index < -0.39 is 0 Å². The number of nitrogens with one attached hydrogen (secondary N) is 1. The van der Waals surface area contributed by atoms with E-state index in [0.717, 1.165) is 5.69 Å².